The van der Waals surface area contributed by atoms with E-state index in [1.54, 1.807) is 7.11 Å². The first kappa shape index (κ1) is 13.1. The van der Waals surface area contributed by atoms with Crippen molar-refractivity contribution in [1.82, 2.24) is 10.2 Å². The van der Waals surface area contributed by atoms with Gasteiger partial charge >= 0.3 is 0 Å². The van der Waals surface area contributed by atoms with Crippen LogP contribution in [0.2, 0.25) is 5.15 Å². The zero-order valence-electron chi connectivity index (χ0n) is 10.7. The minimum atomic E-state index is -0.222. The summed E-state index contributed by atoms with van der Waals surface area (Å²) < 4.78 is 5.18. The molecule has 0 fully saturated rings. The molecule has 0 amide bonds. The molecule has 0 aliphatic rings. The molecule has 0 bridgehead atoms. The minimum Gasteiger partial charge on any atom is -0.382 e. The molecule has 96 valence electrons. The number of rotatable bonds is 4. The molecule has 1 heterocycles. The average molecular weight is 266 g/mol. The highest BCUT2D eigenvalue weighted by Gasteiger charge is 2.19. The molecule has 2 aromatic rings. The molecule has 5 heteroatoms. The summed E-state index contributed by atoms with van der Waals surface area (Å²) in [5.74, 6) is 0.719. The van der Waals surface area contributed by atoms with Crippen LogP contribution < -0.4 is 5.32 Å². The van der Waals surface area contributed by atoms with Gasteiger partial charge in [0.1, 0.15) is 0 Å². The van der Waals surface area contributed by atoms with E-state index in [1.807, 2.05) is 38.1 Å². The Morgan fingerprint density at radius 3 is 2.56 bits per heavy atom. The summed E-state index contributed by atoms with van der Waals surface area (Å²) in [5, 5.41) is 13.7. The minimum absolute atomic E-state index is 0.222. The fourth-order valence-corrected chi connectivity index (χ4v) is 2.08. The highest BCUT2D eigenvalue weighted by Crippen LogP contribution is 2.27. The van der Waals surface area contributed by atoms with Gasteiger partial charge in [-0.1, -0.05) is 35.9 Å². The van der Waals surface area contributed by atoms with E-state index in [9.17, 15) is 0 Å². The van der Waals surface area contributed by atoms with Crippen LogP contribution in [0.25, 0.3) is 10.8 Å². The molecular weight excluding hydrogens is 250 g/mol. The molecule has 0 unspecified atom stereocenters. The molecule has 4 nitrogen and oxygen atoms in total. The number of methoxy groups -OCH3 is 1. The molecule has 0 radical (unpaired) electrons. The Labute approximate surface area is 111 Å². The summed E-state index contributed by atoms with van der Waals surface area (Å²) in [6.07, 6.45) is 0. The van der Waals surface area contributed by atoms with Gasteiger partial charge in [-0.3, -0.25) is 0 Å². The van der Waals surface area contributed by atoms with E-state index in [1.165, 1.54) is 0 Å². The van der Waals surface area contributed by atoms with Gasteiger partial charge in [-0.15, -0.1) is 10.2 Å². The standard InChI is InChI=1S/C13H16ClN3O/c1-13(2,8-18-3)15-12-10-7-5-4-6-9(10)11(14)16-17-12/h4-7H,8H2,1-3H3,(H,15,17). The molecule has 18 heavy (non-hydrogen) atoms. The number of anilines is 1. The Hall–Kier alpha value is -1.39. The third kappa shape index (κ3) is 2.71. The second kappa shape index (κ2) is 5.08. The van der Waals surface area contributed by atoms with E-state index in [-0.39, 0.29) is 5.54 Å². The predicted molar refractivity (Wildman–Crippen MR) is 74.1 cm³/mol. The van der Waals surface area contributed by atoms with E-state index in [4.69, 9.17) is 16.3 Å². The van der Waals surface area contributed by atoms with Gasteiger partial charge in [-0.05, 0) is 13.8 Å². The molecule has 1 aromatic carbocycles. The van der Waals surface area contributed by atoms with Crippen LogP contribution in [0.1, 0.15) is 13.8 Å². The van der Waals surface area contributed by atoms with Gasteiger partial charge in [0.25, 0.3) is 0 Å². The zero-order chi connectivity index (χ0) is 13.2. The number of nitrogens with zero attached hydrogens (tertiary/aromatic N) is 2. The first-order valence-electron chi connectivity index (χ1n) is 5.71. The number of hydrogen-bond acceptors (Lipinski definition) is 4. The van der Waals surface area contributed by atoms with Gasteiger partial charge in [0.15, 0.2) is 11.0 Å². The third-order valence-electron chi connectivity index (χ3n) is 2.60. The first-order chi connectivity index (χ1) is 8.53. The lowest BCUT2D eigenvalue weighted by Gasteiger charge is -2.26. The van der Waals surface area contributed by atoms with Crippen molar-refractivity contribution < 1.29 is 4.74 Å². The van der Waals surface area contributed by atoms with Crippen molar-refractivity contribution in [1.29, 1.82) is 0 Å². The van der Waals surface area contributed by atoms with Crippen LogP contribution in [0.5, 0.6) is 0 Å². The normalized spacial score (nSPS) is 11.8. The summed E-state index contributed by atoms with van der Waals surface area (Å²) in [5.41, 5.74) is -0.222. The first-order valence-corrected chi connectivity index (χ1v) is 6.09. The lowest BCUT2D eigenvalue weighted by Crippen LogP contribution is -2.36. The summed E-state index contributed by atoms with van der Waals surface area (Å²) in [6, 6.07) is 7.79. The van der Waals surface area contributed by atoms with Gasteiger partial charge in [-0.2, -0.15) is 0 Å². The van der Waals surface area contributed by atoms with E-state index in [2.05, 4.69) is 15.5 Å². The van der Waals surface area contributed by atoms with Gasteiger partial charge in [0.05, 0.1) is 12.1 Å². The average Bonchev–Trinajstić information content (AvgIpc) is 2.33. The van der Waals surface area contributed by atoms with E-state index in [0.29, 0.717) is 11.8 Å². The fraction of sp³-hybridized carbons (Fsp3) is 0.385. The lowest BCUT2D eigenvalue weighted by molar-refractivity contribution is 0.158. The van der Waals surface area contributed by atoms with Crippen LogP contribution in [-0.2, 0) is 4.74 Å². The molecule has 0 atom stereocenters. The Balaban J connectivity index is 2.43. The summed E-state index contributed by atoms with van der Waals surface area (Å²) in [4.78, 5) is 0. The zero-order valence-corrected chi connectivity index (χ0v) is 11.5. The lowest BCUT2D eigenvalue weighted by atomic mass is 10.1. The smallest absolute Gasteiger partial charge is 0.159 e. The van der Waals surface area contributed by atoms with Crippen LogP contribution >= 0.6 is 11.6 Å². The topological polar surface area (TPSA) is 47.0 Å². The van der Waals surface area contributed by atoms with Crippen molar-refractivity contribution in [3.05, 3.63) is 29.4 Å². The highest BCUT2D eigenvalue weighted by atomic mass is 35.5. The Kier molecular flexibility index (Phi) is 3.68. The number of nitrogens with one attached hydrogen (secondary N) is 1. The highest BCUT2D eigenvalue weighted by molar-refractivity contribution is 6.34. The molecule has 2 rings (SSSR count). The summed E-state index contributed by atoms with van der Waals surface area (Å²) >= 11 is 6.04. The Bertz CT molecular complexity index is 557. The SMILES string of the molecule is COCC(C)(C)Nc1nnc(Cl)c2ccccc12. The number of hydrogen-bond donors (Lipinski definition) is 1. The van der Waals surface area contributed by atoms with Crippen molar-refractivity contribution in [2.45, 2.75) is 19.4 Å². The summed E-state index contributed by atoms with van der Waals surface area (Å²) in [7, 11) is 1.68. The van der Waals surface area contributed by atoms with Crippen LogP contribution in [0, 0.1) is 0 Å². The Morgan fingerprint density at radius 2 is 1.89 bits per heavy atom. The molecule has 1 aromatic heterocycles. The molecule has 0 aliphatic heterocycles. The maximum absolute atomic E-state index is 6.04. The van der Waals surface area contributed by atoms with Crippen LogP contribution in [0.3, 0.4) is 0 Å². The fourth-order valence-electron chi connectivity index (χ4n) is 1.88. The maximum Gasteiger partial charge on any atom is 0.159 e. The van der Waals surface area contributed by atoms with E-state index in [0.717, 1.165) is 16.6 Å². The molecule has 0 aliphatic carbocycles. The van der Waals surface area contributed by atoms with Crippen LogP contribution in [0.15, 0.2) is 24.3 Å². The van der Waals surface area contributed by atoms with Gasteiger partial charge < -0.3 is 10.1 Å². The van der Waals surface area contributed by atoms with Crippen LogP contribution in [-0.4, -0.2) is 29.5 Å². The van der Waals surface area contributed by atoms with Gasteiger partial charge in [-0.25, -0.2) is 0 Å². The molecule has 0 saturated carbocycles. The van der Waals surface area contributed by atoms with Crippen LogP contribution in [0.4, 0.5) is 5.82 Å². The van der Waals surface area contributed by atoms with Crippen molar-refractivity contribution in [3.63, 3.8) is 0 Å². The third-order valence-corrected chi connectivity index (χ3v) is 2.88. The summed E-state index contributed by atoms with van der Waals surface area (Å²) in [6.45, 7) is 4.66. The number of benzene rings is 1. The second-order valence-corrected chi connectivity index (χ2v) is 5.18. The Morgan fingerprint density at radius 1 is 1.22 bits per heavy atom. The number of aromatic nitrogens is 2. The second-order valence-electron chi connectivity index (χ2n) is 4.83. The monoisotopic (exact) mass is 265 g/mol. The van der Waals surface area contributed by atoms with E-state index < -0.39 is 0 Å². The molecule has 1 N–H and O–H groups in total. The maximum atomic E-state index is 6.04. The number of halogens is 1. The quantitative estimate of drug-likeness (QED) is 0.923. The molecule has 0 saturated heterocycles. The van der Waals surface area contributed by atoms with Gasteiger partial charge in [0, 0.05) is 17.9 Å². The van der Waals surface area contributed by atoms with Crippen molar-refractivity contribution in [2.24, 2.45) is 0 Å². The predicted octanol–water partition coefficient (Wildman–Crippen LogP) is 3.12. The number of ether oxygens (including phenoxy) is 1. The van der Waals surface area contributed by atoms with Crippen molar-refractivity contribution >= 4 is 28.2 Å². The largest absolute Gasteiger partial charge is 0.382 e. The van der Waals surface area contributed by atoms with Crippen molar-refractivity contribution in [3.8, 4) is 0 Å². The number of fused-ring (bicyclic) bond motifs is 1. The molecular formula is C13H16ClN3O. The molecule has 0 spiro atoms. The van der Waals surface area contributed by atoms with Crippen molar-refractivity contribution in [2.75, 3.05) is 19.0 Å². The van der Waals surface area contributed by atoms with Gasteiger partial charge in [0.2, 0.25) is 0 Å². The van der Waals surface area contributed by atoms with E-state index >= 15 is 0 Å².